The summed E-state index contributed by atoms with van der Waals surface area (Å²) in [6.45, 7) is 2.92. The van der Waals surface area contributed by atoms with Crippen LogP contribution in [0.3, 0.4) is 0 Å². The zero-order chi connectivity index (χ0) is 15.9. The molecule has 2 aromatic rings. The van der Waals surface area contributed by atoms with Gasteiger partial charge in [-0.1, -0.05) is 18.2 Å². The molecule has 22 heavy (non-hydrogen) atoms. The van der Waals surface area contributed by atoms with Crippen LogP contribution in [0.2, 0.25) is 0 Å². The molecule has 118 valence electrons. The first-order chi connectivity index (χ1) is 10.6. The molecular weight excluding hydrogens is 284 g/mol. The molecule has 0 unspecified atom stereocenters. The van der Waals surface area contributed by atoms with Gasteiger partial charge in [0.05, 0.1) is 17.9 Å². The van der Waals surface area contributed by atoms with E-state index in [4.69, 9.17) is 15.2 Å². The summed E-state index contributed by atoms with van der Waals surface area (Å²) in [6, 6.07) is 8.80. The monoisotopic (exact) mass is 304 g/mol. The second kappa shape index (κ2) is 7.46. The van der Waals surface area contributed by atoms with Crippen LogP contribution >= 0.6 is 0 Å². The van der Waals surface area contributed by atoms with Crippen molar-refractivity contribution in [3.8, 4) is 11.6 Å². The molecule has 7 nitrogen and oxygen atoms in total. The third kappa shape index (κ3) is 3.76. The summed E-state index contributed by atoms with van der Waals surface area (Å²) in [5, 5.41) is 7.01. The number of para-hydroxylation sites is 1. The molecule has 0 fully saturated rings. The first-order valence-electron chi connectivity index (χ1n) is 6.96. The lowest BCUT2D eigenvalue weighted by Gasteiger charge is -2.07. The molecule has 0 aliphatic heterocycles. The van der Waals surface area contributed by atoms with E-state index in [0.29, 0.717) is 24.9 Å². The van der Waals surface area contributed by atoms with Gasteiger partial charge in [-0.25, -0.2) is 9.48 Å². The average Bonchev–Trinajstić information content (AvgIpc) is 2.81. The Hall–Kier alpha value is -2.54. The first-order valence-corrected chi connectivity index (χ1v) is 6.96. The molecule has 1 aromatic heterocycles. The lowest BCUT2D eigenvalue weighted by atomic mass is 10.3. The molecule has 0 aliphatic carbocycles. The van der Waals surface area contributed by atoms with E-state index in [1.54, 1.807) is 11.8 Å². The normalized spacial score (nSPS) is 10.5. The third-order valence-electron chi connectivity index (χ3n) is 3.05. The molecule has 0 radical (unpaired) electrons. The molecule has 0 spiro atoms. The van der Waals surface area contributed by atoms with Crippen LogP contribution < -0.4 is 15.8 Å². The number of carbonyl (C=O) groups is 1. The minimum atomic E-state index is -0.647. The van der Waals surface area contributed by atoms with Crippen LogP contribution in [0.5, 0.6) is 5.88 Å². The highest BCUT2D eigenvalue weighted by molar-refractivity contribution is 5.88. The Morgan fingerprint density at radius 3 is 2.68 bits per heavy atom. The number of hydrogen-bond donors (Lipinski definition) is 2. The number of carbonyl (C=O) groups excluding carboxylic acids is 1. The third-order valence-corrected chi connectivity index (χ3v) is 3.05. The maximum Gasteiger partial charge on any atom is 0.317 e. The molecule has 2 amide bonds. The number of anilines is 1. The minimum Gasteiger partial charge on any atom is -0.476 e. The molecule has 0 aliphatic rings. The van der Waals surface area contributed by atoms with Crippen molar-refractivity contribution in [2.75, 3.05) is 25.6 Å². The highest BCUT2D eigenvalue weighted by atomic mass is 16.5. The zero-order valence-corrected chi connectivity index (χ0v) is 12.7. The number of hydrogen-bond acceptors (Lipinski definition) is 4. The van der Waals surface area contributed by atoms with Crippen LogP contribution in [0.1, 0.15) is 12.0 Å². The Bertz CT molecular complexity index is 625. The Balaban J connectivity index is 2.29. The maximum atomic E-state index is 11.2. The fraction of sp³-hybridized carbons (Fsp3) is 0.333. The van der Waals surface area contributed by atoms with Crippen molar-refractivity contribution < 1.29 is 14.3 Å². The van der Waals surface area contributed by atoms with E-state index >= 15 is 0 Å². The van der Waals surface area contributed by atoms with Crippen molar-refractivity contribution in [3.63, 3.8) is 0 Å². The number of nitrogens with one attached hydrogen (secondary N) is 1. The van der Waals surface area contributed by atoms with Gasteiger partial charge >= 0.3 is 6.03 Å². The molecule has 0 atom stereocenters. The largest absolute Gasteiger partial charge is 0.476 e. The summed E-state index contributed by atoms with van der Waals surface area (Å²) in [6.07, 6.45) is 0.757. The number of amides is 2. The van der Waals surface area contributed by atoms with Gasteiger partial charge in [-0.2, -0.15) is 0 Å². The van der Waals surface area contributed by atoms with E-state index < -0.39 is 6.03 Å². The summed E-state index contributed by atoms with van der Waals surface area (Å²) in [4.78, 5) is 11.2. The van der Waals surface area contributed by atoms with E-state index in [-0.39, 0.29) is 0 Å². The topological polar surface area (TPSA) is 91.4 Å². The van der Waals surface area contributed by atoms with E-state index in [9.17, 15) is 4.79 Å². The molecule has 0 saturated carbocycles. The summed E-state index contributed by atoms with van der Waals surface area (Å²) in [5.74, 6) is 0.962. The van der Waals surface area contributed by atoms with Crippen molar-refractivity contribution >= 4 is 11.8 Å². The second-order valence-corrected chi connectivity index (χ2v) is 4.71. The van der Waals surface area contributed by atoms with Crippen molar-refractivity contribution in [1.29, 1.82) is 0 Å². The van der Waals surface area contributed by atoms with Crippen molar-refractivity contribution in [2.24, 2.45) is 5.73 Å². The van der Waals surface area contributed by atoms with Crippen LogP contribution in [0, 0.1) is 6.92 Å². The van der Waals surface area contributed by atoms with Gasteiger partial charge in [-0.05, 0) is 19.1 Å². The minimum absolute atomic E-state index is 0.462. The molecule has 0 bridgehead atoms. The van der Waals surface area contributed by atoms with Gasteiger partial charge in [0, 0.05) is 20.1 Å². The molecule has 2 rings (SSSR count). The lowest BCUT2D eigenvalue weighted by Crippen LogP contribution is -2.21. The lowest BCUT2D eigenvalue weighted by molar-refractivity contribution is 0.170. The van der Waals surface area contributed by atoms with Gasteiger partial charge in [0.25, 0.3) is 0 Å². The van der Waals surface area contributed by atoms with Crippen LogP contribution in [-0.2, 0) is 4.74 Å². The average molecular weight is 304 g/mol. The van der Waals surface area contributed by atoms with E-state index in [2.05, 4.69) is 10.4 Å². The predicted molar refractivity (Wildman–Crippen MR) is 83.5 cm³/mol. The summed E-state index contributed by atoms with van der Waals surface area (Å²) < 4.78 is 12.2. The summed E-state index contributed by atoms with van der Waals surface area (Å²) in [5.41, 5.74) is 6.77. The van der Waals surface area contributed by atoms with Gasteiger partial charge in [0.1, 0.15) is 5.82 Å². The highest BCUT2D eigenvalue weighted by Crippen LogP contribution is 2.28. The predicted octanol–water partition coefficient (Wildman–Crippen LogP) is 2.09. The number of nitrogens with zero attached hydrogens (tertiary/aromatic N) is 2. The van der Waals surface area contributed by atoms with Crippen molar-refractivity contribution in [1.82, 2.24) is 9.78 Å². The van der Waals surface area contributed by atoms with E-state index in [1.165, 1.54) is 0 Å². The summed E-state index contributed by atoms with van der Waals surface area (Å²) >= 11 is 0. The van der Waals surface area contributed by atoms with Crippen LogP contribution in [-0.4, -0.2) is 36.1 Å². The standard InChI is InChI=1S/C15H20N4O3/c1-11-13(17-15(16)20)19(12-7-4-3-5-8-12)18-14(11)22-10-6-9-21-2/h3-5,7-8H,6,9-10H2,1-2H3,(H3,16,17,20). The van der Waals surface area contributed by atoms with Gasteiger partial charge < -0.3 is 15.2 Å². The Morgan fingerprint density at radius 1 is 1.32 bits per heavy atom. The van der Waals surface area contributed by atoms with Crippen LogP contribution in [0.4, 0.5) is 10.6 Å². The number of benzene rings is 1. The zero-order valence-electron chi connectivity index (χ0n) is 12.7. The molecule has 3 N–H and O–H groups in total. The number of primary amides is 1. The number of methoxy groups -OCH3 is 1. The Labute approximate surface area is 129 Å². The molecule has 1 heterocycles. The van der Waals surface area contributed by atoms with Crippen molar-refractivity contribution in [3.05, 3.63) is 35.9 Å². The second-order valence-electron chi connectivity index (χ2n) is 4.71. The number of nitrogens with two attached hydrogens (primary N) is 1. The van der Waals surface area contributed by atoms with E-state index in [0.717, 1.165) is 17.7 Å². The van der Waals surface area contributed by atoms with Gasteiger partial charge in [-0.15, -0.1) is 5.10 Å². The van der Waals surface area contributed by atoms with Gasteiger partial charge in [0.2, 0.25) is 5.88 Å². The molecule has 1 aromatic carbocycles. The highest BCUT2D eigenvalue weighted by Gasteiger charge is 2.17. The smallest absolute Gasteiger partial charge is 0.317 e. The van der Waals surface area contributed by atoms with Crippen LogP contribution in [0.25, 0.3) is 5.69 Å². The SMILES string of the molecule is COCCCOc1nn(-c2ccccc2)c(NC(N)=O)c1C. The van der Waals surface area contributed by atoms with E-state index in [1.807, 2.05) is 37.3 Å². The number of urea groups is 1. The fourth-order valence-electron chi connectivity index (χ4n) is 2.00. The first kappa shape index (κ1) is 15.8. The maximum absolute atomic E-state index is 11.2. The van der Waals surface area contributed by atoms with Crippen LogP contribution in [0.15, 0.2) is 30.3 Å². The molecule has 0 saturated heterocycles. The summed E-state index contributed by atoms with van der Waals surface area (Å²) in [7, 11) is 1.64. The fourth-order valence-corrected chi connectivity index (χ4v) is 2.00. The van der Waals surface area contributed by atoms with Gasteiger partial charge in [-0.3, -0.25) is 5.32 Å². The number of aromatic nitrogens is 2. The molecule has 7 heteroatoms. The number of ether oxygens (including phenoxy) is 2. The Morgan fingerprint density at radius 2 is 2.05 bits per heavy atom. The Kier molecular flexibility index (Phi) is 5.37. The number of rotatable bonds is 7. The molecular formula is C15H20N4O3. The van der Waals surface area contributed by atoms with Crippen molar-refractivity contribution in [2.45, 2.75) is 13.3 Å². The van der Waals surface area contributed by atoms with Gasteiger partial charge in [0.15, 0.2) is 0 Å². The quantitative estimate of drug-likeness (QED) is 0.766.